The lowest BCUT2D eigenvalue weighted by Gasteiger charge is -2.27. The molecule has 1 atom stereocenters. The number of thioether (sulfide) groups is 1. The van der Waals surface area contributed by atoms with E-state index < -0.39 is 27.9 Å². The van der Waals surface area contributed by atoms with Gasteiger partial charge in [0.15, 0.2) is 6.04 Å². The third-order valence-corrected chi connectivity index (χ3v) is 6.77. The second-order valence-corrected chi connectivity index (χ2v) is 8.80. The number of esters is 1. The monoisotopic (exact) mass is 421 g/mol. The van der Waals surface area contributed by atoms with E-state index in [0.29, 0.717) is 10.1 Å². The van der Waals surface area contributed by atoms with Crippen LogP contribution in [-0.4, -0.2) is 54.5 Å². The first kappa shape index (κ1) is 18.3. The average molecular weight is 422 g/mol. The van der Waals surface area contributed by atoms with Crippen molar-refractivity contribution < 1.29 is 22.7 Å². The van der Waals surface area contributed by atoms with Gasteiger partial charge in [0, 0.05) is 21.5 Å². The summed E-state index contributed by atoms with van der Waals surface area (Å²) >= 11 is 4.58. The van der Waals surface area contributed by atoms with Crippen molar-refractivity contribution in [3.63, 3.8) is 0 Å². The largest absolute Gasteiger partial charge is 0.464 e. The number of rotatable bonds is 3. The zero-order valence-corrected chi connectivity index (χ0v) is 15.6. The molecule has 0 N–H and O–H groups in total. The number of sulfonamides is 1. The van der Waals surface area contributed by atoms with Crippen LogP contribution in [0.15, 0.2) is 28.7 Å². The van der Waals surface area contributed by atoms with Crippen LogP contribution in [0.5, 0.6) is 0 Å². The fraction of sp³-hybridized carbons (Fsp3) is 0.429. The summed E-state index contributed by atoms with van der Waals surface area (Å²) in [7, 11) is -3.88. The van der Waals surface area contributed by atoms with Gasteiger partial charge in [-0.3, -0.25) is 4.79 Å². The number of hydrogen-bond acceptors (Lipinski definition) is 6. The molecule has 1 aliphatic rings. The van der Waals surface area contributed by atoms with Gasteiger partial charge in [0.05, 0.1) is 12.4 Å². The van der Waals surface area contributed by atoms with Crippen molar-refractivity contribution in [1.82, 2.24) is 4.31 Å². The smallest absolute Gasteiger partial charge is 0.330 e. The van der Waals surface area contributed by atoms with E-state index in [-0.39, 0.29) is 23.7 Å². The molecule has 0 spiro atoms. The Morgan fingerprint density at radius 1 is 1.35 bits per heavy atom. The molecule has 23 heavy (non-hydrogen) atoms. The summed E-state index contributed by atoms with van der Waals surface area (Å²) in [6.07, 6.45) is 0. The molecule has 0 unspecified atom stereocenters. The Kier molecular flexibility index (Phi) is 6.10. The lowest BCUT2D eigenvalue weighted by molar-refractivity contribution is -0.146. The van der Waals surface area contributed by atoms with E-state index in [9.17, 15) is 18.0 Å². The Balaban J connectivity index is 2.43. The van der Waals surface area contributed by atoms with Crippen LogP contribution in [0.4, 0.5) is 0 Å². The summed E-state index contributed by atoms with van der Waals surface area (Å²) in [5, 5.41) is 0. The molecule has 0 aromatic heterocycles. The van der Waals surface area contributed by atoms with E-state index >= 15 is 0 Å². The molecule has 1 saturated heterocycles. The molecule has 1 aromatic rings. The van der Waals surface area contributed by atoms with E-state index in [1.54, 1.807) is 19.1 Å². The Hall–Kier alpha value is -1.06. The highest BCUT2D eigenvalue weighted by molar-refractivity contribution is 9.10. The summed E-state index contributed by atoms with van der Waals surface area (Å²) in [5.41, 5.74) is 0.206. The van der Waals surface area contributed by atoms with Crippen molar-refractivity contribution in [3.05, 3.63) is 34.3 Å². The molecule has 1 aliphatic heterocycles. The van der Waals surface area contributed by atoms with Crippen molar-refractivity contribution in [2.45, 2.75) is 13.0 Å². The normalized spacial score (nSPS) is 20.6. The van der Waals surface area contributed by atoms with Gasteiger partial charge >= 0.3 is 5.97 Å². The van der Waals surface area contributed by atoms with Gasteiger partial charge < -0.3 is 4.74 Å². The number of carbonyl (C=O) groups excluding carboxylic acids is 2. The van der Waals surface area contributed by atoms with Crippen LogP contribution >= 0.6 is 27.7 Å². The van der Waals surface area contributed by atoms with Gasteiger partial charge in [0.1, 0.15) is 0 Å². The minimum Gasteiger partial charge on any atom is -0.464 e. The Bertz CT molecular complexity index is 690. The summed E-state index contributed by atoms with van der Waals surface area (Å²) in [6.45, 7) is 1.76. The molecular formula is C14H16BrNO5S2. The van der Waals surface area contributed by atoms with Crippen LogP contribution in [0.1, 0.15) is 17.3 Å². The van der Waals surface area contributed by atoms with Crippen LogP contribution in [-0.2, 0) is 19.6 Å². The zero-order valence-electron chi connectivity index (χ0n) is 12.4. The highest BCUT2D eigenvalue weighted by Gasteiger charge is 2.41. The predicted molar refractivity (Wildman–Crippen MR) is 91.8 cm³/mol. The number of amides is 1. The molecule has 6 nitrogen and oxygen atoms in total. The first-order valence-corrected chi connectivity index (χ1v) is 10.5. The van der Waals surface area contributed by atoms with Gasteiger partial charge in [0.25, 0.3) is 5.91 Å². The van der Waals surface area contributed by atoms with E-state index in [0.717, 1.165) is 4.47 Å². The van der Waals surface area contributed by atoms with Crippen LogP contribution in [0.3, 0.4) is 0 Å². The lowest BCUT2D eigenvalue weighted by atomic mass is 10.2. The maximum absolute atomic E-state index is 12.7. The number of benzene rings is 1. The van der Waals surface area contributed by atoms with Crippen molar-refractivity contribution >= 4 is 49.6 Å². The number of carbonyl (C=O) groups is 2. The molecule has 0 radical (unpaired) electrons. The van der Waals surface area contributed by atoms with Gasteiger partial charge in [0.2, 0.25) is 10.0 Å². The van der Waals surface area contributed by atoms with Crippen LogP contribution in [0, 0.1) is 0 Å². The van der Waals surface area contributed by atoms with Gasteiger partial charge in [-0.1, -0.05) is 15.9 Å². The minimum atomic E-state index is -3.88. The summed E-state index contributed by atoms with van der Waals surface area (Å²) < 4.78 is 31.4. The molecule has 126 valence electrons. The predicted octanol–water partition coefficient (Wildman–Crippen LogP) is 1.90. The van der Waals surface area contributed by atoms with Crippen molar-refractivity contribution in [3.8, 4) is 0 Å². The maximum atomic E-state index is 12.7. The number of halogens is 1. The lowest BCUT2D eigenvalue weighted by Crippen LogP contribution is -2.50. The van der Waals surface area contributed by atoms with Gasteiger partial charge in [-0.25, -0.2) is 17.5 Å². The van der Waals surface area contributed by atoms with Gasteiger partial charge in [-0.15, -0.1) is 0 Å². The summed E-state index contributed by atoms with van der Waals surface area (Å²) in [4.78, 5) is 24.9. The van der Waals surface area contributed by atoms with Crippen LogP contribution < -0.4 is 0 Å². The fourth-order valence-corrected chi connectivity index (χ4v) is 5.56. The molecular weight excluding hydrogens is 406 g/mol. The molecule has 2 rings (SSSR count). The average Bonchev–Trinajstić information content (AvgIpc) is 2.65. The molecule has 9 heteroatoms. The summed E-state index contributed by atoms with van der Waals surface area (Å²) in [6, 6.07) is 5.19. The Morgan fingerprint density at radius 3 is 2.61 bits per heavy atom. The Labute approximate surface area is 147 Å². The van der Waals surface area contributed by atoms with Gasteiger partial charge in [-0.05, 0) is 31.2 Å². The summed E-state index contributed by atoms with van der Waals surface area (Å²) in [5.74, 6) is -1.06. The first-order valence-electron chi connectivity index (χ1n) is 6.93. The molecule has 0 bridgehead atoms. The third kappa shape index (κ3) is 4.27. The molecule has 0 aliphatic carbocycles. The van der Waals surface area contributed by atoms with Crippen LogP contribution in [0.25, 0.3) is 0 Å². The molecule has 1 fully saturated rings. The van der Waals surface area contributed by atoms with E-state index in [1.807, 2.05) is 0 Å². The molecule has 1 aromatic carbocycles. The minimum absolute atomic E-state index is 0.125. The molecule has 1 heterocycles. The van der Waals surface area contributed by atoms with Crippen molar-refractivity contribution in [2.24, 2.45) is 0 Å². The van der Waals surface area contributed by atoms with Crippen LogP contribution in [0.2, 0.25) is 0 Å². The van der Waals surface area contributed by atoms with E-state index in [1.165, 1.54) is 23.9 Å². The first-order chi connectivity index (χ1) is 10.9. The van der Waals surface area contributed by atoms with E-state index in [2.05, 4.69) is 15.9 Å². The quantitative estimate of drug-likeness (QED) is 0.693. The Morgan fingerprint density at radius 2 is 2.00 bits per heavy atom. The maximum Gasteiger partial charge on any atom is 0.330 e. The zero-order chi connectivity index (χ0) is 17.0. The standard InChI is InChI=1S/C14H16BrNO5S2/c1-2-21-14(18)12-9-22-7-8-23(19,20)16(12)13(17)10-3-5-11(15)6-4-10/h3-6,12H,2,7-9H2,1H3/t12-/m0/s1. The SMILES string of the molecule is CCOC(=O)[C@@H]1CSCCS(=O)(=O)N1C(=O)c1ccc(Br)cc1. The highest BCUT2D eigenvalue weighted by Crippen LogP contribution is 2.24. The molecule has 1 amide bonds. The fourth-order valence-electron chi connectivity index (χ4n) is 2.11. The second-order valence-electron chi connectivity index (χ2n) is 4.77. The van der Waals surface area contributed by atoms with Crippen molar-refractivity contribution in [2.75, 3.05) is 23.9 Å². The molecule has 0 saturated carbocycles. The van der Waals surface area contributed by atoms with E-state index in [4.69, 9.17) is 4.74 Å². The van der Waals surface area contributed by atoms with Crippen molar-refractivity contribution in [1.29, 1.82) is 0 Å². The third-order valence-electron chi connectivity index (χ3n) is 3.19. The number of hydrogen-bond donors (Lipinski definition) is 0. The van der Waals surface area contributed by atoms with Gasteiger partial charge in [-0.2, -0.15) is 11.8 Å². The second kappa shape index (κ2) is 7.67. The number of ether oxygens (including phenoxy) is 1. The number of nitrogens with zero attached hydrogens (tertiary/aromatic N) is 1. The highest BCUT2D eigenvalue weighted by atomic mass is 79.9. The topological polar surface area (TPSA) is 80.8 Å².